The molecular weight excluding hydrogens is 372 g/mol. The first-order valence-corrected chi connectivity index (χ1v) is 8.77. The maximum atomic E-state index is 11.9. The highest BCUT2D eigenvalue weighted by Gasteiger charge is 2.14. The summed E-state index contributed by atoms with van der Waals surface area (Å²) in [7, 11) is 0. The summed E-state index contributed by atoms with van der Waals surface area (Å²) in [6.07, 6.45) is 1.38. The number of nitro benzene ring substituents is 1. The largest absolute Gasteiger partial charge is 0.466 e. The molecule has 0 spiro atoms. The summed E-state index contributed by atoms with van der Waals surface area (Å²) in [6, 6.07) is 13.8. The molecule has 1 N–H and O–H groups in total. The van der Waals surface area contributed by atoms with E-state index in [0.717, 1.165) is 6.42 Å². The van der Waals surface area contributed by atoms with Gasteiger partial charge < -0.3 is 10.1 Å². The third-order valence-electron chi connectivity index (χ3n) is 3.70. The molecule has 2 aromatic carbocycles. The van der Waals surface area contributed by atoms with Crippen LogP contribution in [0.1, 0.15) is 24.8 Å². The van der Waals surface area contributed by atoms with Crippen LogP contribution in [0.15, 0.2) is 48.5 Å². The Morgan fingerprint density at radius 3 is 2.56 bits per heavy atom. The number of halogens is 1. The van der Waals surface area contributed by atoms with Crippen molar-refractivity contribution < 1.29 is 19.2 Å². The smallest absolute Gasteiger partial charge is 0.306 e. The van der Waals surface area contributed by atoms with Crippen molar-refractivity contribution in [1.29, 1.82) is 0 Å². The Labute approximate surface area is 161 Å². The monoisotopic (exact) mass is 390 g/mol. The Bertz CT molecular complexity index is 811. The molecule has 0 radical (unpaired) electrons. The van der Waals surface area contributed by atoms with Gasteiger partial charge in [-0.1, -0.05) is 41.9 Å². The van der Waals surface area contributed by atoms with Gasteiger partial charge in [-0.05, 0) is 30.5 Å². The van der Waals surface area contributed by atoms with Gasteiger partial charge in [-0.25, -0.2) is 0 Å². The fourth-order valence-electron chi connectivity index (χ4n) is 2.35. The van der Waals surface area contributed by atoms with Gasteiger partial charge >= 0.3 is 5.97 Å². The number of nitro groups is 1. The van der Waals surface area contributed by atoms with Crippen molar-refractivity contribution in [3.63, 3.8) is 0 Å². The fraction of sp³-hybridized carbons (Fsp3) is 0.263. The molecule has 0 aromatic heterocycles. The Morgan fingerprint density at radius 1 is 1.11 bits per heavy atom. The highest BCUT2D eigenvalue weighted by molar-refractivity contribution is 6.32. The van der Waals surface area contributed by atoms with Crippen LogP contribution in [-0.2, 0) is 20.7 Å². The van der Waals surface area contributed by atoms with Crippen LogP contribution < -0.4 is 5.32 Å². The molecule has 0 bridgehead atoms. The number of aryl methyl sites for hydroxylation is 1. The van der Waals surface area contributed by atoms with Crippen molar-refractivity contribution in [1.82, 2.24) is 0 Å². The lowest BCUT2D eigenvalue weighted by molar-refractivity contribution is -0.384. The van der Waals surface area contributed by atoms with E-state index in [9.17, 15) is 19.7 Å². The number of carbonyl (C=O) groups is 2. The number of rotatable bonds is 9. The van der Waals surface area contributed by atoms with Crippen LogP contribution in [0.25, 0.3) is 0 Å². The van der Waals surface area contributed by atoms with Crippen LogP contribution in [0.4, 0.5) is 11.4 Å². The van der Waals surface area contributed by atoms with Gasteiger partial charge in [0.05, 0.1) is 18.0 Å². The summed E-state index contributed by atoms with van der Waals surface area (Å²) in [4.78, 5) is 33.8. The molecule has 0 aliphatic rings. The van der Waals surface area contributed by atoms with Crippen LogP contribution in [0, 0.1) is 10.1 Å². The van der Waals surface area contributed by atoms with Gasteiger partial charge in [0.1, 0.15) is 5.02 Å². The molecule has 0 fully saturated rings. The highest BCUT2D eigenvalue weighted by Crippen LogP contribution is 2.27. The lowest BCUT2D eigenvalue weighted by Gasteiger charge is -2.07. The van der Waals surface area contributed by atoms with E-state index in [2.05, 4.69) is 5.32 Å². The maximum Gasteiger partial charge on any atom is 0.306 e. The number of anilines is 1. The van der Waals surface area contributed by atoms with Crippen molar-refractivity contribution in [3.8, 4) is 0 Å². The minimum atomic E-state index is -0.634. The Kier molecular flexibility index (Phi) is 7.76. The van der Waals surface area contributed by atoms with E-state index in [1.54, 1.807) is 0 Å². The van der Waals surface area contributed by atoms with Crippen LogP contribution in [-0.4, -0.2) is 23.4 Å². The van der Waals surface area contributed by atoms with Crippen molar-refractivity contribution in [2.45, 2.75) is 25.7 Å². The maximum absolute atomic E-state index is 11.9. The van der Waals surface area contributed by atoms with E-state index >= 15 is 0 Å². The quantitative estimate of drug-likeness (QED) is 0.300. The molecule has 142 valence electrons. The average Bonchev–Trinajstić information content (AvgIpc) is 2.66. The normalized spacial score (nSPS) is 10.3. The summed E-state index contributed by atoms with van der Waals surface area (Å²) in [5.74, 6) is -0.895. The van der Waals surface area contributed by atoms with Gasteiger partial charge in [0.15, 0.2) is 0 Å². The molecule has 0 heterocycles. The molecular formula is C19H19ClN2O5. The zero-order valence-corrected chi connectivity index (χ0v) is 15.3. The number of carbonyl (C=O) groups excluding carboxylic acids is 2. The highest BCUT2D eigenvalue weighted by atomic mass is 35.5. The minimum absolute atomic E-state index is 0.0166. The molecule has 0 saturated carbocycles. The number of amides is 1. The van der Waals surface area contributed by atoms with Crippen LogP contribution in [0.3, 0.4) is 0 Å². The molecule has 0 atom stereocenters. The molecule has 27 heavy (non-hydrogen) atoms. The Hall–Kier alpha value is -2.93. The summed E-state index contributed by atoms with van der Waals surface area (Å²) in [6.45, 7) is 0.290. The number of hydrogen-bond donors (Lipinski definition) is 1. The molecule has 0 unspecified atom stereocenters. The second kappa shape index (κ2) is 10.3. The van der Waals surface area contributed by atoms with E-state index < -0.39 is 16.8 Å². The molecule has 7 nitrogen and oxygen atoms in total. The zero-order valence-electron chi connectivity index (χ0n) is 14.5. The minimum Gasteiger partial charge on any atom is -0.466 e. The topological polar surface area (TPSA) is 98.5 Å². The summed E-state index contributed by atoms with van der Waals surface area (Å²) in [5.41, 5.74) is 1.12. The summed E-state index contributed by atoms with van der Waals surface area (Å²) < 4.78 is 5.10. The fourth-order valence-corrected chi connectivity index (χ4v) is 2.54. The van der Waals surface area contributed by atoms with Gasteiger partial charge in [-0.15, -0.1) is 0 Å². The second-order valence-corrected chi connectivity index (χ2v) is 6.19. The number of esters is 1. The first-order valence-electron chi connectivity index (χ1n) is 8.39. The Morgan fingerprint density at radius 2 is 1.85 bits per heavy atom. The zero-order chi connectivity index (χ0) is 19.6. The predicted octanol–water partition coefficient (Wildman–Crippen LogP) is 4.14. The summed E-state index contributed by atoms with van der Waals surface area (Å²) in [5, 5.41) is 13.3. The van der Waals surface area contributed by atoms with E-state index in [1.165, 1.54) is 23.8 Å². The first-order chi connectivity index (χ1) is 13.0. The van der Waals surface area contributed by atoms with E-state index in [4.69, 9.17) is 16.3 Å². The van der Waals surface area contributed by atoms with Crippen molar-refractivity contribution >= 4 is 34.9 Å². The first kappa shape index (κ1) is 20.4. The lowest BCUT2D eigenvalue weighted by Crippen LogP contribution is -2.15. The van der Waals surface area contributed by atoms with Gasteiger partial charge in [-0.3, -0.25) is 19.7 Å². The van der Waals surface area contributed by atoms with Gasteiger partial charge in [0, 0.05) is 18.2 Å². The molecule has 2 aromatic rings. The second-order valence-electron chi connectivity index (χ2n) is 5.78. The van der Waals surface area contributed by atoms with Crippen LogP contribution in [0.2, 0.25) is 5.02 Å². The number of hydrogen-bond acceptors (Lipinski definition) is 5. The van der Waals surface area contributed by atoms with Gasteiger partial charge in [0.25, 0.3) is 5.69 Å². The number of nitrogens with zero attached hydrogens (tertiary/aromatic N) is 1. The SMILES string of the molecule is O=C(CCC(=O)OCCCc1ccccc1)Nc1ccc(Cl)c([N+](=O)[O-])c1. The Balaban J connectivity index is 1.68. The number of ether oxygens (including phenoxy) is 1. The third-order valence-corrected chi connectivity index (χ3v) is 4.02. The molecule has 1 amide bonds. The average molecular weight is 391 g/mol. The van der Waals surface area contributed by atoms with Crippen LogP contribution in [0.5, 0.6) is 0 Å². The van der Waals surface area contributed by atoms with Crippen molar-refractivity contribution in [3.05, 3.63) is 69.2 Å². The summed E-state index contributed by atoms with van der Waals surface area (Å²) >= 11 is 5.71. The third kappa shape index (κ3) is 7.07. The van der Waals surface area contributed by atoms with Crippen molar-refractivity contribution in [2.24, 2.45) is 0 Å². The standard InChI is InChI=1S/C19H19ClN2O5/c20-16-9-8-15(13-17(16)22(25)26)21-18(23)10-11-19(24)27-12-4-7-14-5-2-1-3-6-14/h1-3,5-6,8-9,13H,4,7,10-12H2,(H,21,23). The van der Waals surface area contributed by atoms with Crippen molar-refractivity contribution in [2.75, 3.05) is 11.9 Å². The number of nitrogens with one attached hydrogen (secondary N) is 1. The van der Waals surface area contributed by atoms with Gasteiger partial charge in [0.2, 0.25) is 5.91 Å². The predicted molar refractivity (Wildman–Crippen MR) is 102 cm³/mol. The van der Waals surface area contributed by atoms with E-state index in [0.29, 0.717) is 13.0 Å². The van der Waals surface area contributed by atoms with Gasteiger partial charge in [-0.2, -0.15) is 0 Å². The van der Waals surface area contributed by atoms with E-state index in [1.807, 2.05) is 30.3 Å². The van der Waals surface area contributed by atoms with Crippen LogP contribution >= 0.6 is 11.6 Å². The molecule has 8 heteroatoms. The molecule has 2 rings (SSSR count). The molecule has 0 aliphatic heterocycles. The molecule has 0 aliphatic carbocycles. The lowest BCUT2D eigenvalue weighted by atomic mass is 10.1. The molecule has 0 saturated heterocycles. The van der Waals surface area contributed by atoms with E-state index in [-0.39, 0.29) is 29.2 Å². The number of benzene rings is 2.